The normalized spacial score (nSPS) is 10.8. The summed E-state index contributed by atoms with van der Waals surface area (Å²) in [6.45, 7) is 0.339. The molecule has 0 atom stereocenters. The summed E-state index contributed by atoms with van der Waals surface area (Å²) in [5, 5.41) is 2.78. The first-order chi connectivity index (χ1) is 10.7. The molecule has 0 aliphatic carbocycles. The number of rotatable bonds is 4. The van der Waals surface area contributed by atoms with Gasteiger partial charge in [-0.2, -0.15) is 0 Å². The van der Waals surface area contributed by atoms with Gasteiger partial charge >= 0.3 is 5.69 Å². The lowest BCUT2D eigenvalue weighted by Gasteiger charge is -2.05. The van der Waals surface area contributed by atoms with Crippen LogP contribution >= 0.6 is 0 Å². The molecule has 3 rings (SSSR count). The molecule has 1 aromatic carbocycles. The number of imidazole rings is 1. The second-order valence-electron chi connectivity index (χ2n) is 5.01. The van der Waals surface area contributed by atoms with E-state index in [9.17, 15) is 9.59 Å². The number of aromatic nitrogens is 3. The van der Waals surface area contributed by atoms with Crippen molar-refractivity contribution in [2.75, 3.05) is 0 Å². The van der Waals surface area contributed by atoms with E-state index in [1.165, 1.54) is 4.57 Å². The maximum Gasteiger partial charge on any atom is 0.329 e. The van der Waals surface area contributed by atoms with E-state index in [1.807, 2.05) is 42.5 Å². The molecule has 112 valence electrons. The van der Waals surface area contributed by atoms with Crippen LogP contribution in [0.5, 0.6) is 0 Å². The molecule has 3 aromatic rings. The SMILES string of the molecule is Cn1c(=O)n(CC(=O)NCc2ccccn2)c2ccccc21. The maximum absolute atomic E-state index is 12.2. The molecule has 0 bridgehead atoms. The summed E-state index contributed by atoms with van der Waals surface area (Å²) in [6, 6.07) is 12.9. The van der Waals surface area contributed by atoms with Crippen molar-refractivity contribution in [2.24, 2.45) is 7.05 Å². The maximum atomic E-state index is 12.2. The fourth-order valence-electron chi connectivity index (χ4n) is 2.41. The summed E-state index contributed by atoms with van der Waals surface area (Å²) < 4.78 is 3.02. The van der Waals surface area contributed by atoms with E-state index in [0.717, 1.165) is 16.7 Å². The highest BCUT2D eigenvalue weighted by molar-refractivity contribution is 5.80. The Hall–Kier alpha value is -2.89. The standard InChI is InChI=1S/C16H16N4O2/c1-19-13-7-2-3-8-14(13)20(16(19)22)11-15(21)18-10-12-6-4-5-9-17-12/h2-9H,10-11H2,1H3,(H,18,21). The first kappa shape index (κ1) is 14.1. The molecule has 0 unspecified atom stereocenters. The quantitative estimate of drug-likeness (QED) is 0.782. The molecule has 1 N–H and O–H groups in total. The van der Waals surface area contributed by atoms with Gasteiger partial charge in [0, 0.05) is 13.2 Å². The van der Waals surface area contributed by atoms with Crippen LogP contribution < -0.4 is 11.0 Å². The van der Waals surface area contributed by atoms with Gasteiger partial charge in [0.05, 0.1) is 23.3 Å². The average Bonchev–Trinajstić information content (AvgIpc) is 2.79. The van der Waals surface area contributed by atoms with Gasteiger partial charge in [-0.1, -0.05) is 18.2 Å². The van der Waals surface area contributed by atoms with Crippen molar-refractivity contribution in [1.29, 1.82) is 0 Å². The number of carbonyl (C=O) groups is 1. The van der Waals surface area contributed by atoms with E-state index in [0.29, 0.717) is 6.54 Å². The van der Waals surface area contributed by atoms with Crippen molar-refractivity contribution >= 4 is 16.9 Å². The minimum absolute atomic E-state index is 0.00692. The van der Waals surface area contributed by atoms with Crippen molar-refractivity contribution in [1.82, 2.24) is 19.4 Å². The van der Waals surface area contributed by atoms with Crippen LogP contribution in [-0.4, -0.2) is 20.0 Å². The van der Waals surface area contributed by atoms with Gasteiger partial charge in [0.1, 0.15) is 6.54 Å². The number of amides is 1. The molecule has 0 fully saturated rings. The van der Waals surface area contributed by atoms with E-state index in [1.54, 1.807) is 17.8 Å². The number of para-hydroxylation sites is 2. The van der Waals surface area contributed by atoms with E-state index in [-0.39, 0.29) is 18.1 Å². The molecule has 0 aliphatic heterocycles. The van der Waals surface area contributed by atoms with Crippen LogP contribution in [0.15, 0.2) is 53.5 Å². The lowest BCUT2D eigenvalue weighted by molar-refractivity contribution is -0.121. The number of aryl methyl sites for hydroxylation is 1. The molecule has 6 heteroatoms. The Labute approximate surface area is 127 Å². The lowest BCUT2D eigenvalue weighted by atomic mass is 10.3. The molecule has 0 saturated carbocycles. The fourth-order valence-corrected chi connectivity index (χ4v) is 2.41. The molecule has 0 saturated heterocycles. The van der Waals surface area contributed by atoms with Gasteiger partial charge in [-0.15, -0.1) is 0 Å². The van der Waals surface area contributed by atoms with Crippen LogP contribution in [0.4, 0.5) is 0 Å². The first-order valence-corrected chi connectivity index (χ1v) is 6.97. The van der Waals surface area contributed by atoms with Crippen LogP contribution in [0.2, 0.25) is 0 Å². The lowest BCUT2D eigenvalue weighted by Crippen LogP contribution is -2.32. The van der Waals surface area contributed by atoms with Crippen LogP contribution in [0.3, 0.4) is 0 Å². The Balaban J connectivity index is 1.77. The number of hydrogen-bond donors (Lipinski definition) is 1. The molecule has 2 aromatic heterocycles. The molecule has 1 amide bonds. The van der Waals surface area contributed by atoms with Crippen LogP contribution in [0.1, 0.15) is 5.69 Å². The number of hydrogen-bond acceptors (Lipinski definition) is 3. The van der Waals surface area contributed by atoms with Crippen LogP contribution in [0, 0.1) is 0 Å². The zero-order chi connectivity index (χ0) is 15.5. The Kier molecular flexibility index (Phi) is 3.74. The summed E-state index contributed by atoms with van der Waals surface area (Å²) in [4.78, 5) is 28.5. The molecule has 2 heterocycles. The van der Waals surface area contributed by atoms with Crippen LogP contribution in [-0.2, 0) is 24.9 Å². The van der Waals surface area contributed by atoms with Gasteiger partial charge in [0.15, 0.2) is 0 Å². The number of carbonyl (C=O) groups excluding carboxylic acids is 1. The summed E-state index contributed by atoms with van der Waals surface area (Å²) in [7, 11) is 1.70. The number of nitrogens with zero attached hydrogens (tertiary/aromatic N) is 3. The zero-order valence-electron chi connectivity index (χ0n) is 12.2. The molecule has 0 radical (unpaired) electrons. The second-order valence-corrected chi connectivity index (χ2v) is 5.01. The average molecular weight is 296 g/mol. The van der Waals surface area contributed by atoms with Crippen molar-refractivity contribution in [3.63, 3.8) is 0 Å². The van der Waals surface area contributed by atoms with E-state index < -0.39 is 0 Å². The number of fused-ring (bicyclic) bond motifs is 1. The molecule has 6 nitrogen and oxygen atoms in total. The molecular weight excluding hydrogens is 280 g/mol. The van der Waals surface area contributed by atoms with Crippen molar-refractivity contribution < 1.29 is 4.79 Å². The third-order valence-corrected chi connectivity index (χ3v) is 3.55. The topological polar surface area (TPSA) is 68.9 Å². The summed E-state index contributed by atoms with van der Waals surface area (Å²) in [5.74, 6) is -0.218. The van der Waals surface area contributed by atoms with Gasteiger partial charge in [0.2, 0.25) is 5.91 Å². The van der Waals surface area contributed by atoms with Gasteiger partial charge in [-0.3, -0.25) is 18.9 Å². The largest absolute Gasteiger partial charge is 0.349 e. The summed E-state index contributed by atoms with van der Waals surface area (Å²) >= 11 is 0. The third kappa shape index (κ3) is 2.63. The molecule has 0 spiro atoms. The predicted octanol–water partition coefficient (Wildman–Crippen LogP) is 1.05. The Morgan fingerprint density at radius 2 is 1.86 bits per heavy atom. The Bertz CT molecular complexity index is 865. The highest BCUT2D eigenvalue weighted by Gasteiger charge is 2.12. The van der Waals surface area contributed by atoms with Gasteiger partial charge in [-0.25, -0.2) is 4.79 Å². The Morgan fingerprint density at radius 1 is 1.14 bits per heavy atom. The fraction of sp³-hybridized carbons (Fsp3) is 0.188. The third-order valence-electron chi connectivity index (χ3n) is 3.55. The number of benzene rings is 1. The summed E-state index contributed by atoms with van der Waals surface area (Å²) in [6.07, 6.45) is 1.68. The number of nitrogens with one attached hydrogen (secondary N) is 1. The minimum Gasteiger partial charge on any atom is -0.349 e. The van der Waals surface area contributed by atoms with Crippen molar-refractivity contribution in [3.8, 4) is 0 Å². The predicted molar refractivity (Wildman–Crippen MR) is 83.3 cm³/mol. The molecule has 22 heavy (non-hydrogen) atoms. The molecular formula is C16H16N4O2. The van der Waals surface area contributed by atoms with Gasteiger partial charge in [-0.05, 0) is 24.3 Å². The summed E-state index contributed by atoms with van der Waals surface area (Å²) in [5.41, 5.74) is 2.14. The highest BCUT2D eigenvalue weighted by Crippen LogP contribution is 2.11. The van der Waals surface area contributed by atoms with Crippen molar-refractivity contribution in [3.05, 3.63) is 64.8 Å². The van der Waals surface area contributed by atoms with Gasteiger partial charge < -0.3 is 5.32 Å². The van der Waals surface area contributed by atoms with Crippen LogP contribution in [0.25, 0.3) is 11.0 Å². The van der Waals surface area contributed by atoms with Gasteiger partial charge in [0.25, 0.3) is 0 Å². The highest BCUT2D eigenvalue weighted by atomic mass is 16.2. The Morgan fingerprint density at radius 3 is 2.59 bits per heavy atom. The second kappa shape index (κ2) is 5.85. The first-order valence-electron chi connectivity index (χ1n) is 6.97. The van der Waals surface area contributed by atoms with E-state index in [2.05, 4.69) is 10.3 Å². The minimum atomic E-state index is -0.218. The van der Waals surface area contributed by atoms with E-state index >= 15 is 0 Å². The van der Waals surface area contributed by atoms with Crippen molar-refractivity contribution in [2.45, 2.75) is 13.1 Å². The molecule has 0 aliphatic rings. The zero-order valence-corrected chi connectivity index (χ0v) is 12.2. The monoisotopic (exact) mass is 296 g/mol. The smallest absolute Gasteiger partial charge is 0.329 e. The van der Waals surface area contributed by atoms with E-state index in [4.69, 9.17) is 0 Å². The number of pyridine rings is 1.